The summed E-state index contributed by atoms with van der Waals surface area (Å²) in [6, 6.07) is 4.97. The minimum atomic E-state index is 0.397. The number of carbonyl (C=O) groups excluding carboxylic acids is 1. The fourth-order valence-electron chi connectivity index (χ4n) is 1.46. The molecule has 0 unspecified atom stereocenters. The molecule has 0 radical (unpaired) electrons. The number of nitrogens with zero attached hydrogens (tertiary/aromatic N) is 2. The molecule has 2 aromatic rings. The molecule has 0 aliphatic heterocycles. The van der Waals surface area contributed by atoms with Crippen LogP contribution in [0.1, 0.15) is 10.4 Å². The monoisotopic (exact) mass is 248 g/mol. The maximum atomic E-state index is 10.6. The Bertz CT molecular complexity index is 558. The number of rotatable bonds is 3. The molecule has 1 aromatic carbocycles. The van der Waals surface area contributed by atoms with E-state index < -0.39 is 0 Å². The summed E-state index contributed by atoms with van der Waals surface area (Å²) < 4.78 is 5.11. The third-order valence-corrected chi connectivity index (χ3v) is 2.56. The Hall–Kier alpha value is -1.94. The number of carbonyl (C=O) groups is 1. The van der Waals surface area contributed by atoms with E-state index in [-0.39, 0.29) is 0 Å². The van der Waals surface area contributed by atoms with Crippen LogP contribution in [0.2, 0.25) is 5.02 Å². The predicted molar refractivity (Wildman–Crippen MR) is 64.4 cm³/mol. The first-order valence-electron chi connectivity index (χ1n) is 4.86. The highest BCUT2D eigenvalue weighted by atomic mass is 35.5. The topological polar surface area (TPSA) is 52.1 Å². The Labute approximate surface area is 103 Å². The van der Waals surface area contributed by atoms with Gasteiger partial charge >= 0.3 is 0 Å². The van der Waals surface area contributed by atoms with Gasteiger partial charge in [0.05, 0.1) is 12.1 Å². The first-order valence-corrected chi connectivity index (χ1v) is 5.24. The van der Waals surface area contributed by atoms with Crippen LogP contribution in [0.3, 0.4) is 0 Å². The van der Waals surface area contributed by atoms with E-state index in [9.17, 15) is 4.79 Å². The highest BCUT2D eigenvalue weighted by molar-refractivity contribution is 6.33. The third-order valence-electron chi connectivity index (χ3n) is 2.24. The van der Waals surface area contributed by atoms with Crippen LogP contribution >= 0.6 is 11.6 Å². The van der Waals surface area contributed by atoms with Crippen molar-refractivity contribution in [2.24, 2.45) is 0 Å². The summed E-state index contributed by atoms with van der Waals surface area (Å²) in [5.74, 6) is 0.397. The number of aldehydes is 1. The summed E-state index contributed by atoms with van der Waals surface area (Å²) in [5.41, 5.74) is 1.75. The molecule has 0 amide bonds. The zero-order chi connectivity index (χ0) is 12.3. The SMILES string of the molecule is COc1nccnc1-c1ccc(C=O)cc1Cl. The van der Waals surface area contributed by atoms with E-state index >= 15 is 0 Å². The largest absolute Gasteiger partial charge is 0.479 e. The van der Waals surface area contributed by atoms with Crippen molar-refractivity contribution in [3.63, 3.8) is 0 Å². The molecule has 1 aromatic heterocycles. The number of methoxy groups -OCH3 is 1. The van der Waals surface area contributed by atoms with E-state index in [0.29, 0.717) is 27.7 Å². The van der Waals surface area contributed by atoms with Crippen molar-refractivity contribution in [3.8, 4) is 17.1 Å². The number of hydrogen-bond donors (Lipinski definition) is 0. The Balaban J connectivity index is 2.56. The minimum Gasteiger partial charge on any atom is -0.479 e. The fourth-order valence-corrected chi connectivity index (χ4v) is 1.73. The molecule has 4 nitrogen and oxygen atoms in total. The lowest BCUT2D eigenvalue weighted by atomic mass is 10.1. The molecule has 0 N–H and O–H groups in total. The molecule has 2 rings (SSSR count). The van der Waals surface area contributed by atoms with E-state index in [1.807, 2.05) is 0 Å². The number of ether oxygens (including phenoxy) is 1. The zero-order valence-electron chi connectivity index (χ0n) is 9.05. The van der Waals surface area contributed by atoms with Crippen LogP contribution in [0.15, 0.2) is 30.6 Å². The third kappa shape index (κ3) is 2.26. The summed E-state index contributed by atoms with van der Waals surface area (Å²) in [6.07, 6.45) is 3.83. The molecule has 0 bridgehead atoms. The number of halogens is 1. The number of aromatic nitrogens is 2. The first kappa shape index (κ1) is 11.5. The maximum Gasteiger partial charge on any atom is 0.240 e. The number of benzene rings is 1. The summed E-state index contributed by atoms with van der Waals surface area (Å²) >= 11 is 6.09. The zero-order valence-corrected chi connectivity index (χ0v) is 9.81. The van der Waals surface area contributed by atoms with Gasteiger partial charge in [-0.05, 0) is 6.07 Å². The molecule has 0 saturated carbocycles. The van der Waals surface area contributed by atoms with Crippen LogP contribution in [0.25, 0.3) is 11.3 Å². The van der Waals surface area contributed by atoms with Crippen molar-refractivity contribution in [2.75, 3.05) is 7.11 Å². The van der Waals surface area contributed by atoms with Gasteiger partial charge in [-0.2, -0.15) is 0 Å². The van der Waals surface area contributed by atoms with E-state index in [2.05, 4.69) is 9.97 Å². The maximum absolute atomic E-state index is 10.6. The predicted octanol–water partition coefficient (Wildman–Crippen LogP) is 2.62. The molecule has 0 aliphatic rings. The second-order valence-electron chi connectivity index (χ2n) is 3.27. The van der Waals surface area contributed by atoms with Gasteiger partial charge in [0.2, 0.25) is 5.88 Å². The minimum absolute atomic E-state index is 0.397. The fraction of sp³-hybridized carbons (Fsp3) is 0.0833. The highest BCUT2D eigenvalue weighted by Gasteiger charge is 2.11. The summed E-state index contributed by atoms with van der Waals surface area (Å²) in [4.78, 5) is 18.8. The molecule has 0 aliphatic carbocycles. The Morgan fingerprint density at radius 1 is 1.29 bits per heavy atom. The average molecular weight is 249 g/mol. The standard InChI is InChI=1S/C12H9ClN2O2/c1-17-12-11(14-4-5-15-12)9-3-2-8(7-16)6-10(9)13/h2-7H,1H3. The van der Waals surface area contributed by atoms with Crippen molar-refractivity contribution in [1.29, 1.82) is 0 Å². The molecule has 0 saturated heterocycles. The Kier molecular flexibility index (Phi) is 3.35. The molecule has 17 heavy (non-hydrogen) atoms. The average Bonchev–Trinajstić information content (AvgIpc) is 2.38. The molecule has 0 spiro atoms. The molecular formula is C12H9ClN2O2. The van der Waals surface area contributed by atoms with E-state index in [4.69, 9.17) is 16.3 Å². The highest BCUT2D eigenvalue weighted by Crippen LogP contribution is 2.31. The normalized spacial score (nSPS) is 10.0. The van der Waals surface area contributed by atoms with Crippen LogP contribution < -0.4 is 4.74 Å². The van der Waals surface area contributed by atoms with Gasteiger partial charge < -0.3 is 4.74 Å². The molecule has 86 valence electrons. The van der Waals surface area contributed by atoms with Gasteiger partial charge in [0, 0.05) is 23.5 Å². The van der Waals surface area contributed by atoms with Crippen LogP contribution in [0.5, 0.6) is 5.88 Å². The van der Waals surface area contributed by atoms with Crippen LogP contribution in [0, 0.1) is 0 Å². The van der Waals surface area contributed by atoms with Crippen LogP contribution in [-0.4, -0.2) is 23.4 Å². The Morgan fingerprint density at radius 3 is 2.71 bits per heavy atom. The second-order valence-corrected chi connectivity index (χ2v) is 3.68. The lowest BCUT2D eigenvalue weighted by Gasteiger charge is -2.07. The molecule has 1 heterocycles. The second kappa shape index (κ2) is 4.93. The molecular weight excluding hydrogens is 240 g/mol. The summed E-state index contributed by atoms with van der Waals surface area (Å²) in [6.45, 7) is 0. The van der Waals surface area contributed by atoms with Gasteiger partial charge in [-0.3, -0.25) is 4.79 Å². The lowest BCUT2D eigenvalue weighted by molar-refractivity contribution is 0.112. The Morgan fingerprint density at radius 2 is 2.06 bits per heavy atom. The van der Waals surface area contributed by atoms with Gasteiger partial charge in [0.25, 0.3) is 0 Å². The van der Waals surface area contributed by atoms with Gasteiger partial charge in [0.15, 0.2) is 0 Å². The van der Waals surface area contributed by atoms with E-state index in [1.165, 1.54) is 13.3 Å². The summed E-state index contributed by atoms with van der Waals surface area (Å²) in [7, 11) is 1.52. The quantitative estimate of drug-likeness (QED) is 0.784. The smallest absolute Gasteiger partial charge is 0.240 e. The van der Waals surface area contributed by atoms with Gasteiger partial charge in [0.1, 0.15) is 12.0 Å². The molecule has 5 heteroatoms. The lowest BCUT2D eigenvalue weighted by Crippen LogP contribution is -1.94. The van der Waals surface area contributed by atoms with Crippen LogP contribution in [0.4, 0.5) is 0 Å². The van der Waals surface area contributed by atoms with Crippen molar-refractivity contribution in [2.45, 2.75) is 0 Å². The van der Waals surface area contributed by atoms with E-state index in [0.717, 1.165) is 6.29 Å². The van der Waals surface area contributed by atoms with Crippen molar-refractivity contribution < 1.29 is 9.53 Å². The van der Waals surface area contributed by atoms with Crippen molar-refractivity contribution >= 4 is 17.9 Å². The number of hydrogen-bond acceptors (Lipinski definition) is 4. The molecule has 0 atom stereocenters. The molecule has 0 fully saturated rings. The summed E-state index contributed by atoms with van der Waals surface area (Å²) in [5, 5.41) is 0.438. The van der Waals surface area contributed by atoms with E-state index in [1.54, 1.807) is 24.4 Å². The van der Waals surface area contributed by atoms with Gasteiger partial charge in [-0.25, -0.2) is 9.97 Å². The van der Waals surface area contributed by atoms with Gasteiger partial charge in [-0.15, -0.1) is 0 Å². The first-order chi connectivity index (χ1) is 8.26. The van der Waals surface area contributed by atoms with Crippen molar-refractivity contribution in [1.82, 2.24) is 9.97 Å². The van der Waals surface area contributed by atoms with Crippen LogP contribution in [-0.2, 0) is 0 Å². The van der Waals surface area contributed by atoms with Gasteiger partial charge in [-0.1, -0.05) is 23.7 Å². The van der Waals surface area contributed by atoms with Crippen molar-refractivity contribution in [3.05, 3.63) is 41.2 Å².